The fourth-order valence-electron chi connectivity index (χ4n) is 2.43. The summed E-state index contributed by atoms with van der Waals surface area (Å²) in [6, 6.07) is 6.46. The summed E-state index contributed by atoms with van der Waals surface area (Å²) in [5, 5.41) is 21.5. The van der Waals surface area contributed by atoms with Gasteiger partial charge in [-0.3, -0.25) is 14.9 Å². The lowest BCUT2D eigenvalue weighted by atomic mass is 10.0. The number of hydrogen-bond acceptors (Lipinski definition) is 9. The predicted octanol–water partition coefficient (Wildman–Crippen LogP) is 2.20. The highest BCUT2D eigenvalue weighted by atomic mass is 16.6. The zero-order valence-electron chi connectivity index (χ0n) is 14.3. The molecule has 11 nitrogen and oxygen atoms in total. The van der Waals surface area contributed by atoms with Gasteiger partial charge in [0.1, 0.15) is 11.5 Å². The van der Waals surface area contributed by atoms with Gasteiger partial charge in [0, 0.05) is 17.2 Å². The third kappa shape index (κ3) is 3.66. The standard InChI is InChI=1S/C16H14N6O5/c1-8-5-9(2)12(22(24)25)6-11(8)13-4-3-10(26-13)7-18-19-16(23)14-15(17)21-27-20-14/h3-7H,1-2H3,(H2,17,21)(H,19,23)/b18-7-. The van der Waals surface area contributed by atoms with Crippen LogP contribution in [0.25, 0.3) is 11.3 Å². The van der Waals surface area contributed by atoms with Gasteiger partial charge >= 0.3 is 0 Å². The number of nitrogens with zero attached hydrogens (tertiary/aromatic N) is 4. The average molecular weight is 370 g/mol. The van der Waals surface area contributed by atoms with E-state index >= 15 is 0 Å². The number of nitrogens with two attached hydrogens (primary N) is 1. The molecule has 0 aliphatic heterocycles. The van der Waals surface area contributed by atoms with Crippen molar-refractivity contribution >= 4 is 23.6 Å². The van der Waals surface area contributed by atoms with Crippen LogP contribution in [0.3, 0.4) is 0 Å². The molecule has 0 bridgehead atoms. The van der Waals surface area contributed by atoms with E-state index in [9.17, 15) is 14.9 Å². The van der Waals surface area contributed by atoms with E-state index in [4.69, 9.17) is 10.2 Å². The van der Waals surface area contributed by atoms with Gasteiger partial charge in [-0.1, -0.05) is 0 Å². The van der Waals surface area contributed by atoms with Crippen molar-refractivity contribution in [2.24, 2.45) is 5.10 Å². The van der Waals surface area contributed by atoms with E-state index in [2.05, 4.69) is 25.5 Å². The number of nitro benzene ring substituents is 1. The second-order valence-electron chi connectivity index (χ2n) is 5.61. The van der Waals surface area contributed by atoms with E-state index in [1.54, 1.807) is 25.1 Å². The number of nitro groups is 1. The van der Waals surface area contributed by atoms with Gasteiger partial charge in [-0.05, 0) is 47.9 Å². The van der Waals surface area contributed by atoms with E-state index in [0.717, 1.165) is 5.56 Å². The fourth-order valence-corrected chi connectivity index (χ4v) is 2.43. The quantitative estimate of drug-likeness (QED) is 0.392. The van der Waals surface area contributed by atoms with E-state index in [1.165, 1.54) is 12.3 Å². The minimum absolute atomic E-state index is 0.00768. The zero-order chi connectivity index (χ0) is 19.6. The summed E-state index contributed by atoms with van der Waals surface area (Å²) in [7, 11) is 0. The number of aromatic nitrogens is 2. The smallest absolute Gasteiger partial charge is 0.297 e. The molecule has 3 rings (SSSR count). The maximum atomic E-state index is 11.8. The molecule has 3 aromatic rings. The van der Waals surface area contributed by atoms with Crippen LogP contribution in [0.4, 0.5) is 11.5 Å². The van der Waals surface area contributed by atoms with Crippen LogP contribution in [0.2, 0.25) is 0 Å². The Balaban J connectivity index is 1.77. The number of anilines is 1. The Morgan fingerprint density at radius 3 is 2.74 bits per heavy atom. The third-order valence-corrected chi connectivity index (χ3v) is 3.72. The van der Waals surface area contributed by atoms with E-state index in [-0.39, 0.29) is 17.2 Å². The van der Waals surface area contributed by atoms with Crippen LogP contribution in [0.1, 0.15) is 27.4 Å². The number of amides is 1. The molecule has 0 atom stereocenters. The number of benzene rings is 1. The highest BCUT2D eigenvalue weighted by Gasteiger charge is 2.17. The molecule has 0 radical (unpaired) electrons. The second-order valence-corrected chi connectivity index (χ2v) is 5.61. The van der Waals surface area contributed by atoms with Crippen molar-refractivity contribution in [1.82, 2.24) is 15.7 Å². The molecule has 11 heteroatoms. The van der Waals surface area contributed by atoms with Gasteiger partial charge in [-0.2, -0.15) is 5.10 Å². The number of carbonyl (C=O) groups excluding carboxylic acids is 1. The summed E-state index contributed by atoms with van der Waals surface area (Å²) < 4.78 is 9.95. The minimum atomic E-state index is -0.693. The number of nitrogens with one attached hydrogen (secondary N) is 1. The number of nitrogen functional groups attached to an aromatic ring is 1. The van der Waals surface area contributed by atoms with Gasteiger partial charge in [0.05, 0.1) is 11.1 Å². The summed E-state index contributed by atoms with van der Waals surface area (Å²) in [6.45, 7) is 3.51. The molecule has 0 spiro atoms. The first-order chi connectivity index (χ1) is 12.9. The van der Waals surface area contributed by atoms with Crippen LogP contribution >= 0.6 is 0 Å². The Morgan fingerprint density at radius 2 is 2.07 bits per heavy atom. The predicted molar refractivity (Wildman–Crippen MR) is 94.0 cm³/mol. The van der Waals surface area contributed by atoms with Crippen LogP contribution < -0.4 is 11.2 Å². The summed E-state index contributed by atoms with van der Waals surface area (Å²) >= 11 is 0. The lowest BCUT2D eigenvalue weighted by Crippen LogP contribution is -2.19. The maximum Gasteiger partial charge on any atom is 0.297 e. The molecular weight excluding hydrogens is 356 g/mol. The van der Waals surface area contributed by atoms with Crippen molar-refractivity contribution in [3.8, 4) is 11.3 Å². The Bertz CT molecular complexity index is 1050. The molecular formula is C16H14N6O5. The van der Waals surface area contributed by atoms with Crippen LogP contribution in [-0.4, -0.2) is 27.4 Å². The number of carbonyl (C=O) groups is 1. The molecule has 0 aliphatic rings. The van der Waals surface area contributed by atoms with Crippen molar-refractivity contribution in [2.75, 3.05) is 5.73 Å². The van der Waals surface area contributed by atoms with Gasteiger partial charge in [-0.15, -0.1) is 0 Å². The Kier molecular flexibility index (Phi) is 4.66. The maximum absolute atomic E-state index is 11.8. The van der Waals surface area contributed by atoms with Crippen LogP contribution in [0, 0.1) is 24.0 Å². The highest BCUT2D eigenvalue weighted by molar-refractivity contribution is 5.96. The Morgan fingerprint density at radius 1 is 1.30 bits per heavy atom. The molecule has 0 fully saturated rings. The van der Waals surface area contributed by atoms with Crippen molar-refractivity contribution in [3.05, 3.63) is 57.0 Å². The Labute approximate surface area is 152 Å². The number of aryl methyl sites for hydroxylation is 2. The lowest BCUT2D eigenvalue weighted by molar-refractivity contribution is -0.385. The molecule has 0 saturated heterocycles. The first kappa shape index (κ1) is 17.8. The lowest BCUT2D eigenvalue weighted by Gasteiger charge is -2.05. The molecule has 2 aromatic heterocycles. The number of rotatable bonds is 5. The largest absolute Gasteiger partial charge is 0.455 e. The van der Waals surface area contributed by atoms with Crippen LogP contribution in [0.5, 0.6) is 0 Å². The molecule has 3 N–H and O–H groups in total. The van der Waals surface area contributed by atoms with Crippen molar-refractivity contribution in [1.29, 1.82) is 0 Å². The van der Waals surface area contributed by atoms with Gasteiger partial charge in [0.2, 0.25) is 11.5 Å². The van der Waals surface area contributed by atoms with Crippen LogP contribution in [0.15, 0.2) is 38.4 Å². The third-order valence-electron chi connectivity index (χ3n) is 3.72. The monoisotopic (exact) mass is 370 g/mol. The molecule has 138 valence electrons. The van der Waals surface area contributed by atoms with Crippen molar-refractivity contribution in [3.63, 3.8) is 0 Å². The number of hydrogen-bond donors (Lipinski definition) is 2. The first-order valence-electron chi connectivity index (χ1n) is 7.64. The minimum Gasteiger partial charge on any atom is -0.455 e. The average Bonchev–Trinajstić information content (AvgIpc) is 3.23. The molecule has 0 saturated carbocycles. The summed E-state index contributed by atoms with van der Waals surface area (Å²) in [5.41, 5.74) is 9.43. The first-order valence-corrected chi connectivity index (χ1v) is 7.64. The topological polar surface area (TPSA) is 163 Å². The van der Waals surface area contributed by atoms with Gasteiger partial charge in [0.15, 0.2) is 0 Å². The normalized spacial score (nSPS) is 11.0. The summed E-state index contributed by atoms with van der Waals surface area (Å²) in [5.74, 6) is -0.0753. The molecule has 1 aromatic carbocycles. The molecule has 27 heavy (non-hydrogen) atoms. The molecule has 0 aliphatic carbocycles. The van der Waals surface area contributed by atoms with E-state index in [1.807, 2.05) is 6.92 Å². The second kappa shape index (κ2) is 7.07. The van der Waals surface area contributed by atoms with Gasteiger partial charge in [0.25, 0.3) is 11.6 Å². The molecule has 2 heterocycles. The Hall–Kier alpha value is -4.02. The van der Waals surface area contributed by atoms with Gasteiger partial charge < -0.3 is 10.2 Å². The van der Waals surface area contributed by atoms with Gasteiger partial charge in [-0.25, -0.2) is 10.1 Å². The zero-order valence-corrected chi connectivity index (χ0v) is 14.3. The van der Waals surface area contributed by atoms with E-state index < -0.39 is 10.8 Å². The van der Waals surface area contributed by atoms with Crippen LogP contribution in [-0.2, 0) is 0 Å². The van der Waals surface area contributed by atoms with E-state index in [0.29, 0.717) is 22.6 Å². The van der Waals surface area contributed by atoms with Crippen molar-refractivity contribution < 1.29 is 18.8 Å². The molecule has 1 amide bonds. The molecule has 0 unspecified atom stereocenters. The summed E-state index contributed by atoms with van der Waals surface area (Å²) in [4.78, 5) is 22.5. The number of hydrazone groups is 1. The fraction of sp³-hybridized carbons (Fsp3) is 0.125. The van der Waals surface area contributed by atoms with Crippen molar-refractivity contribution in [2.45, 2.75) is 13.8 Å². The highest BCUT2D eigenvalue weighted by Crippen LogP contribution is 2.31. The SMILES string of the molecule is Cc1cc(C)c([N+](=O)[O-])cc1-c1ccc(/C=N\NC(=O)c2nonc2N)o1. The number of furan rings is 1. The summed E-state index contributed by atoms with van der Waals surface area (Å²) in [6.07, 6.45) is 1.27.